The lowest BCUT2D eigenvalue weighted by Gasteiger charge is -2.18. The van der Waals surface area contributed by atoms with E-state index in [1.54, 1.807) is 25.3 Å². The van der Waals surface area contributed by atoms with Gasteiger partial charge in [0.15, 0.2) is 0 Å². The number of ether oxygens (including phenoxy) is 1. The first-order valence-corrected chi connectivity index (χ1v) is 6.48. The molecule has 1 aromatic carbocycles. The summed E-state index contributed by atoms with van der Waals surface area (Å²) in [6, 6.07) is 6.26. The van der Waals surface area contributed by atoms with Gasteiger partial charge in [-0.3, -0.25) is 4.98 Å². The highest BCUT2D eigenvalue weighted by Gasteiger charge is 2.19. The van der Waals surface area contributed by atoms with Crippen molar-refractivity contribution in [1.82, 2.24) is 4.98 Å². The van der Waals surface area contributed by atoms with Gasteiger partial charge in [0.2, 0.25) is 0 Å². The molecule has 5 heteroatoms. The molecule has 0 N–H and O–H groups in total. The Morgan fingerprint density at radius 1 is 1.26 bits per heavy atom. The van der Waals surface area contributed by atoms with Crippen LogP contribution in [0.4, 0.5) is 4.39 Å². The van der Waals surface area contributed by atoms with Crippen molar-refractivity contribution >= 4 is 23.2 Å². The monoisotopic (exact) mass is 299 g/mol. The lowest BCUT2D eigenvalue weighted by molar-refractivity contribution is 0.224. The Bertz CT molecular complexity index is 604. The second-order valence-electron chi connectivity index (χ2n) is 4.10. The molecule has 100 valence electrons. The van der Waals surface area contributed by atoms with Gasteiger partial charge in [-0.25, -0.2) is 4.39 Å². The molecule has 0 radical (unpaired) electrons. The smallest absolute Gasteiger partial charge is 0.142 e. The van der Waals surface area contributed by atoms with Crippen LogP contribution in [0.15, 0.2) is 30.5 Å². The SMILES string of the molecule is Cc1ncccc1OC(C)c1c(Cl)ccc(F)c1Cl. The van der Waals surface area contributed by atoms with Crippen molar-refractivity contribution in [1.29, 1.82) is 0 Å². The van der Waals surface area contributed by atoms with Gasteiger partial charge in [0.1, 0.15) is 17.7 Å². The van der Waals surface area contributed by atoms with Crippen LogP contribution < -0.4 is 4.74 Å². The summed E-state index contributed by atoms with van der Waals surface area (Å²) in [5.74, 6) is 0.103. The minimum atomic E-state index is -0.514. The van der Waals surface area contributed by atoms with Gasteiger partial charge < -0.3 is 4.74 Å². The fourth-order valence-electron chi connectivity index (χ4n) is 1.76. The van der Waals surface area contributed by atoms with Crippen LogP contribution in [-0.4, -0.2) is 4.98 Å². The van der Waals surface area contributed by atoms with Gasteiger partial charge in [0.05, 0.1) is 10.7 Å². The van der Waals surface area contributed by atoms with E-state index in [9.17, 15) is 4.39 Å². The molecule has 0 aliphatic carbocycles. The highest BCUT2D eigenvalue weighted by atomic mass is 35.5. The van der Waals surface area contributed by atoms with Gasteiger partial charge in [-0.05, 0) is 38.1 Å². The fourth-order valence-corrected chi connectivity index (χ4v) is 2.44. The number of halogens is 3. The van der Waals surface area contributed by atoms with Gasteiger partial charge in [0.25, 0.3) is 0 Å². The number of aryl methyl sites for hydroxylation is 1. The Balaban J connectivity index is 2.33. The van der Waals surface area contributed by atoms with Crippen LogP contribution in [0.5, 0.6) is 5.75 Å². The molecule has 2 nitrogen and oxygen atoms in total. The number of rotatable bonds is 3. The molecular weight excluding hydrogens is 288 g/mol. The molecular formula is C14H12Cl2FNO. The summed E-state index contributed by atoms with van der Waals surface area (Å²) < 4.78 is 19.2. The molecule has 0 fully saturated rings. The second kappa shape index (κ2) is 5.76. The van der Waals surface area contributed by atoms with Gasteiger partial charge >= 0.3 is 0 Å². The van der Waals surface area contributed by atoms with E-state index in [0.717, 1.165) is 5.69 Å². The second-order valence-corrected chi connectivity index (χ2v) is 4.89. The minimum Gasteiger partial charge on any atom is -0.484 e. The van der Waals surface area contributed by atoms with Crippen molar-refractivity contribution in [2.75, 3.05) is 0 Å². The van der Waals surface area contributed by atoms with Crippen LogP contribution in [0.3, 0.4) is 0 Å². The predicted octanol–water partition coefficient (Wildman–Crippen LogP) is 4.98. The number of pyridine rings is 1. The van der Waals surface area contributed by atoms with E-state index in [1.165, 1.54) is 12.1 Å². The molecule has 19 heavy (non-hydrogen) atoms. The third-order valence-corrected chi connectivity index (χ3v) is 3.46. The first kappa shape index (κ1) is 14.1. The summed E-state index contributed by atoms with van der Waals surface area (Å²) in [7, 11) is 0. The third kappa shape index (κ3) is 2.99. The highest BCUT2D eigenvalue weighted by molar-refractivity contribution is 6.36. The highest BCUT2D eigenvalue weighted by Crippen LogP contribution is 2.35. The molecule has 0 amide bonds. The van der Waals surface area contributed by atoms with Crippen molar-refractivity contribution in [2.45, 2.75) is 20.0 Å². The maximum atomic E-state index is 13.5. The Morgan fingerprint density at radius 3 is 2.68 bits per heavy atom. The summed E-state index contributed by atoms with van der Waals surface area (Å²) in [5.41, 5.74) is 1.18. The standard InChI is InChI=1S/C14H12Cl2FNO/c1-8-12(4-3-7-18-8)19-9(2)13-10(15)5-6-11(17)14(13)16/h3-7,9H,1-2H3. The Hall–Kier alpha value is -1.32. The Kier molecular flexibility index (Phi) is 4.27. The molecule has 0 aliphatic heterocycles. The van der Waals surface area contributed by atoms with Crippen LogP contribution >= 0.6 is 23.2 Å². The zero-order valence-electron chi connectivity index (χ0n) is 10.5. The molecule has 2 aromatic rings. The third-order valence-electron chi connectivity index (χ3n) is 2.75. The average molecular weight is 300 g/mol. The zero-order valence-corrected chi connectivity index (χ0v) is 12.0. The molecule has 1 aromatic heterocycles. The quantitative estimate of drug-likeness (QED) is 0.746. The van der Waals surface area contributed by atoms with Gasteiger partial charge in [0, 0.05) is 16.8 Å². The number of nitrogens with zero attached hydrogens (tertiary/aromatic N) is 1. The summed E-state index contributed by atoms with van der Waals surface area (Å²) in [6.07, 6.45) is 1.20. The first-order valence-electron chi connectivity index (χ1n) is 5.72. The van der Waals surface area contributed by atoms with Gasteiger partial charge in [-0.15, -0.1) is 0 Å². The van der Waals surface area contributed by atoms with Crippen molar-refractivity contribution in [3.8, 4) is 5.75 Å². The molecule has 1 unspecified atom stereocenters. The van der Waals surface area contributed by atoms with Crippen LogP contribution in [-0.2, 0) is 0 Å². The lowest BCUT2D eigenvalue weighted by atomic mass is 10.1. The summed E-state index contributed by atoms with van der Waals surface area (Å²) in [4.78, 5) is 4.12. The number of hydrogen-bond donors (Lipinski definition) is 0. The van der Waals surface area contributed by atoms with Gasteiger partial charge in [-0.1, -0.05) is 23.2 Å². The zero-order chi connectivity index (χ0) is 14.0. The van der Waals surface area contributed by atoms with Crippen molar-refractivity contribution in [2.24, 2.45) is 0 Å². The largest absolute Gasteiger partial charge is 0.484 e. The molecule has 1 heterocycles. The summed E-state index contributed by atoms with van der Waals surface area (Å²) >= 11 is 12.0. The molecule has 0 spiro atoms. The molecule has 0 saturated heterocycles. The predicted molar refractivity (Wildman–Crippen MR) is 74.4 cm³/mol. The Labute approximate surface area is 121 Å². The van der Waals surface area contributed by atoms with Gasteiger partial charge in [-0.2, -0.15) is 0 Å². The van der Waals surface area contributed by atoms with Crippen molar-refractivity contribution < 1.29 is 9.13 Å². The van der Waals surface area contributed by atoms with E-state index in [4.69, 9.17) is 27.9 Å². The van der Waals surface area contributed by atoms with E-state index in [0.29, 0.717) is 16.3 Å². The van der Waals surface area contributed by atoms with Crippen LogP contribution in [0.1, 0.15) is 24.3 Å². The van der Waals surface area contributed by atoms with Crippen LogP contribution in [0, 0.1) is 12.7 Å². The molecule has 1 atom stereocenters. The van der Waals surface area contributed by atoms with Crippen molar-refractivity contribution in [3.63, 3.8) is 0 Å². The summed E-state index contributed by atoms with van der Waals surface area (Å²) in [6.45, 7) is 3.59. The maximum Gasteiger partial charge on any atom is 0.142 e. The van der Waals surface area contributed by atoms with Crippen LogP contribution in [0.2, 0.25) is 10.0 Å². The van der Waals surface area contributed by atoms with Crippen molar-refractivity contribution in [3.05, 3.63) is 57.6 Å². The van der Waals surface area contributed by atoms with E-state index in [1.807, 2.05) is 6.92 Å². The first-order chi connectivity index (χ1) is 9.00. The lowest BCUT2D eigenvalue weighted by Crippen LogP contribution is -2.07. The average Bonchev–Trinajstić information content (AvgIpc) is 2.37. The van der Waals surface area contributed by atoms with E-state index >= 15 is 0 Å². The number of benzene rings is 1. The number of hydrogen-bond acceptors (Lipinski definition) is 2. The molecule has 0 saturated carbocycles. The van der Waals surface area contributed by atoms with E-state index in [-0.39, 0.29) is 5.02 Å². The van der Waals surface area contributed by atoms with Crippen LogP contribution in [0.25, 0.3) is 0 Å². The molecule has 2 rings (SSSR count). The maximum absolute atomic E-state index is 13.5. The van der Waals surface area contributed by atoms with E-state index < -0.39 is 11.9 Å². The summed E-state index contributed by atoms with van der Waals surface area (Å²) in [5, 5.41) is 0.363. The molecule has 0 bridgehead atoms. The Morgan fingerprint density at radius 2 is 2.00 bits per heavy atom. The minimum absolute atomic E-state index is 0.0125. The fraction of sp³-hybridized carbons (Fsp3) is 0.214. The van der Waals surface area contributed by atoms with E-state index in [2.05, 4.69) is 4.98 Å². The normalized spacial score (nSPS) is 12.3. The molecule has 0 aliphatic rings. The number of aromatic nitrogens is 1. The topological polar surface area (TPSA) is 22.1 Å².